The molecule has 9 aromatic carbocycles. The molecule has 0 saturated heterocycles. The molecule has 0 unspecified atom stereocenters. The van der Waals surface area contributed by atoms with Crippen molar-refractivity contribution < 1.29 is 18.9 Å². The standard InChI is InChI=1S/C74H84N6O10/c1-12-19-30-88-71-44(15-4)33-47(39-53(71)42-75-61-63(68(84)66(61)82)77-55-22-26-57(27-23-55)79(8)9)49-36-50(38-51(37-49)52-35-46(17-6)73(90-32-21-14-3)59(41-52)60-65(81)70(86)74(60)87-18-7)48-34-45(16-5)72(89-31-20-13-2)54(40-48)43-76-62-64(69(85)67(62)83)78-56-24-28-58(29-25-56)80(10)11/h22-29,33-41,75-78H,12-21,30-32,42-43H2,1-11H3. The first kappa shape index (κ1) is 65.0. The third kappa shape index (κ3) is 13.9. The van der Waals surface area contributed by atoms with Gasteiger partial charge in [-0.1, -0.05) is 60.8 Å². The van der Waals surface area contributed by atoms with Gasteiger partial charge in [0.05, 0.1) is 32.0 Å². The minimum Gasteiger partial charge on any atom is -0.493 e. The van der Waals surface area contributed by atoms with Gasteiger partial charge in [-0.05, 0) is 199 Å². The summed E-state index contributed by atoms with van der Waals surface area (Å²) < 4.78 is 25.7. The maximum Gasteiger partial charge on any atom is 0.268 e. The van der Waals surface area contributed by atoms with E-state index in [0.717, 1.165) is 111 Å². The summed E-state index contributed by atoms with van der Waals surface area (Å²) in [6.07, 6.45) is 6.93. The molecule has 9 aromatic rings. The number of unbranched alkanes of at least 4 members (excludes halogenated alkanes) is 3. The zero-order valence-corrected chi connectivity index (χ0v) is 53.9. The number of hydrogen-bond acceptors (Lipinski definition) is 16. The van der Waals surface area contributed by atoms with Crippen LogP contribution in [0.5, 0.6) is 23.0 Å². The number of anilines is 8. The zero-order chi connectivity index (χ0) is 64.3. The zero-order valence-electron chi connectivity index (χ0n) is 53.9. The van der Waals surface area contributed by atoms with Crippen LogP contribution in [0.4, 0.5) is 45.5 Å². The summed E-state index contributed by atoms with van der Waals surface area (Å²) >= 11 is 0. The normalized spacial score (nSPS) is 11.3. The molecule has 0 saturated carbocycles. The van der Waals surface area contributed by atoms with Gasteiger partial charge >= 0.3 is 0 Å². The van der Waals surface area contributed by atoms with E-state index in [1.165, 1.54) is 0 Å². The summed E-state index contributed by atoms with van der Waals surface area (Å²) in [5.74, 6) is 1.96. The van der Waals surface area contributed by atoms with Crippen LogP contribution < -0.4 is 82.6 Å². The van der Waals surface area contributed by atoms with Crippen molar-refractivity contribution >= 4 is 45.5 Å². The molecule has 0 amide bonds. The largest absolute Gasteiger partial charge is 0.493 e. The first-order valence-electron chi connectivity index (χ1n) is 31.7. The average Bonchev–Trinajstić information content (AvgIpc) is 0.771. The van der Waals surface area contributed by atoms with Gasteiger partial charge in [0, 0.05) is 80.7 Å². The molecule has 0 bridgehead atoms. The van der Waals surface area contributed by atoms with Crippen molar-refractivity contribution in [3.8, 4) is 67.5 Å². The van der Waals surface area contributed by atoms with Crippen molar-refractivity contribution in [3.63, 3.8) is 0 Å². The van der Waals surface area contributed by atoms with Gasteiger partial charge in [0.25, 0.3) is 27.1 Å². The number of aryl methyl sites for hydroxylation is 3. The molecule has 0 radical (unpaired) electrons. The third-order valence-electron chi connectivity index (χ3n) is 16.4. The van der Waals surface area contributed by atoms with Crippen LogP contribution in [0.15, 0.2) is 132 Å². The SMILES string of the molecule is CCCCOc1c(CC)cc(-c2cc(-c3cc(CC)c(OCCCC)c(CNc4c(Nc5ccc(N(C)C)cc5)c(=O)c4=O)c3)cc(-c3cc(CC)c(OCCCC)c(-c4c(OCC)c(=O)c4=O)c3)c2)cc1CNc1c(Nc2ccc(N(C)C)cc2)c(=O)c1=O. The molecule has 0 heterocycles. The summed E-state index contributed by atoms with van der Waals surface area (Å²) in [5.41, 5.74) is 10.2. The topological polar surface area (TPSA) is 194 Å². The van der Waals surface area contributed by atoms with Gasteiger partial charge in [-0.2, -0.15) is 0 Å². The third-order valence-corrected chi connectivity index (χ3v) is 16.4. The van der Waals surface area contributed by atoms with Crippen molar-refractivity contribution in [2.45, 2.75) is 119 Å². The number of benzene rings is 6. The van der Waals surface area contributed by atoms with Crippen LogP contribution in [-0.2, 0) is 32.4 Å². The lowest BCUT2D eigenvalue weighted by atomic mass is 9.87. The second-order valence-corrected chi connectivity index (χ2v) is 23.2. The smallest absolute Gasteiger partial charge is 0.268 e. The lowest BCUT2D eigenvalue weighted by molar-refractivity contribution is 0.303. The van der Waals surface area contributed by atoms with Gasteiger partial charge in [-0.25, -0.2) is 0 Å². The van der Waals surface area contributed by atoms with Gasteiger partial charge in [0.2, 0.25) is 5.43 Å². The second-order valence-electron chi connectivity index (χ2n) is 23.2. The molecular formula is C74H84N6O10. The summed E-state index contributed by atoms with van der Waals surface area (Å²) in [4.78, 5) is 84.2. The first-order valence-corrected chi connectivity index (χ1v) is 31.7. The molecule has 0 atom stereocenters. The quantitative estimate of drug-likeness (QED) is 0.0224. The Morgan fingerprint density at radius 2 is 0.700 bits per heavy atom. The van der Waals surface area contributed by atoms with E-state index in [-0.39, 0.29) is 53.8 Å². The van der Waals surface area contributed by atoms with Gasteiger partial charge in [-0.15, -0.1) is 0 Å². The van der Waals surface area contributed by atoms with Crippen molar-refractivity contribution in [3.05, 3.63) is 192 Å². The Bertz CT molecular complexity index is 4030. The Labute approximate surface area is 526 Å². The molecule has 4 N–H and O–H groups in total. The van der Waals surface area contributed by atoms with E-state index in [0.29, 0.717) is 73.3 Å². The highest BCUT2D eigenvalue weighted by Gasteiger charge is 2.30. The maximum atomic E-state index is 13.8. The van der Waals surface area contributed by atoms with Gasteiger partial charge in [-0.3, -0.25) is 28.8 Å². The Kier molecular flexibility index (Phi) is 21.1. The monoisotopic (exact) mass is 1220 g/mol. The Morgan fingerprint density at radius 1 is 0.356 bits per heavy atom. The van der Waals surface area contributed by atoms with E-state index in [1.807, 2.05) is 99.5 Å². The molecule has 90 heavy (non-hydrogen) atoms. The van der Waals surface area contributed by atoms with E-state index in [9.17, 15) is 28.8 Å². The minimum atomic E-state index is -0.670. The van der Waals surface area contributed by atoms with Crippen molar-refractivity contribution in [2.24, 2.45) is 0 Å². The predicted octanol–water partition coefficient (Wildman–Crippen LogP) is 13.6. The number of rotatable bonds is 33. The molecule has 9 rings (SSSR count). The number of hydrogen-bond donors (Lipinski definition) is 4. The van der Waals surface area contributed by atoms with Crippen LogP contribution in [0.2, 0.25) is 0 Å². The Morgan fingerprint density at radius 3 is 1.07 bits per heavy atom. The van der Waals surface area contributed by atoms with Crippen LogP contribution in [0.25, 0.3) is 44.5 Å². The van der Waals surface area contributed by atoms with Gasteiger partial charge in [0.15, 0.2) is 5.75 Å². The lowest BCUT2D eigenvalue weighted by Crippen LogP contribution is -2.36. The van der Waals surface area contributed by atoms with E-state index >= 15 is 0 Å². The molecule has 0 aliphatic heterocycles. The van der Waals surface area contributed by atoms with Crippen LogP contribution in [0.3, 0.4) is 0 Å². The number of nitrogens with one attached hydrogen (secondary N) is 4. The Balaban J connectivity index is 1.22. The summed E-state index contributed by atoms with van der Waals surface area (Å²) in [7, 11) is 7.80. The molecule has 16 nitrogen and oxygen atoms in total. The average molecular weight is 1220 g/mol. The van der Waals surface area contributed by atoms with Crippen molar-refractivity contribution in [1.82, 2.24) is 0 Å². The second kappa shape index (κ2) is 29.3. The van der Waals surface area contributed by atoms with E-state index in [2.05, 4.69) is 104 Å². The van der Waals surface area contributed by atoms with E-state index < -0.39 is 32.6 Å². The molecule has 0 aromatic heterocycles. The van der Waals surface area contributed by atoms with Crippen molar-refractivity contribution in [2.75, 3.05) is 85.7 Å². The summed E-state index contributed by atoms with van der Waals surface area (Å²) in [5, 5.41) is 13.1. The fourth-order valence-corrected chi connectivity index (χ4v) is 11.2. The highest BCUT2D eigenvalue weighted by molar-refractivity contribution is 5.89. The molecule has 16 heteroatoms. The summed E-state index contributed by atoms with van der Waals surface area (Å²) in [6.45, 7) is 16.1. The van der Waals surface area contributed by atoms with Crippen LogP contribution >= 0.6 is 0 Å². The molecule has 0 aliphatic carbocycles. The summed E-state index contributed by atoms with van der Waals surface area (Å²) in [6, 6.07) is 34.1. The lowest BCUT2D eigenvalue weighted by Gasteiger charge is -2.22. The van der Waals surface area contributed by atoms with E-state index in [1.54, 1.807) is 6.92 Å². The molecule has 0 spiro atoms. The van der Waals surface area contributed by atoms with Crippen LogP contribution in [0.1, 0.15) is 115 Å². The minimum absolute atomic E-state index is 0.0241. The molecular weight excluding hydrogens is 1130 g/mol. The predicted molar refractivity (Wildman–Crippen MR) is 369 cm³/mol. The van der Waals surface area contributed by atoms with Gasteiger partial charge in [0.1, 0.15) is 40.0 Å². The van der Waals surface area contributed by atoms with Crippen LogP contribution in [-0.4, -0.2) is 54.6 Å². The number of nitrogens with zero attached hydrogens (tertiary/aromatic N) is 2. The van der Waals surface area contributed by atoms with Gasteiger partial charge < -0.3 is 50.0 Å². The molecule has 470 valence electrons. The Hall–Kier alpha value is -9.44. The highest BCUT2D eigenvalue weighted by atomic mass is 16.5. The molecule has 0 aliphatic rings. The molecule has 0 fully saturated rings. The fraction of sp³-hybridized carbons (Fsp3) is 0.351. The highest BCUT2D eigenvalue weighted by Crippen LogP contribution is 2.44. The van der Waals surface area contributed by atoms with Crippen molar-refractivity contribution in [1.29, 1.82) is 0 Å². The fourth-order valence-electron chi connectivity index (χ4n) is 11.2. The van der Waals surface area contributed by atoms with Crippen LogP contribution in [0, 0.1) is 0 Å². The number of ether oxygens (including phenoxy) is 4. The first-order chi connectivity index (χ1) is 43.5. The maximum absolute atomic E-state index is 13.8. The van der Waals surface area contributed by atoms with E-state index in [4.69, 9.17) is 18.9 Å².